The molecule has 4 atom stereocenters. The van der Waals surface area contributed by atoms with E-state index in [0.29, 0.717) is 25.1 Å². The van der Waals surface area contributed by atoms with Crippen LogP contribution in [0.3, 0.4) is 0 Å². The SMILES string of the molecule is CCC(C)[C@H](NC(=O)[C@@H](CC(C)C)N1C(=O)N2CCc3c([nH]c4ccccc34)[C@@]2(C)C1=O)C(=O)O. The lowest BCUT2D eigenvalue weighted by Gasteiger charge is -2.36. The van der Waals surface area contributed by atoms with Crippen molar-refractivity contribution in [3.8, 4) is 0 Å². The third-order valence-electron chi connectivity index (χ3n) is 7.58. The zero-order valence-electron chi connectivity index (χ0n) is 20.9. The summed E-state index contributed by atoms with van der Waals surface area (Å²) < 4.78 is 0. The average Bonchev–Trinajstić information content (AvgIpc) is 3.29. The van der Waals surface area contributed by atoms with Crippen LogP contribution in [0.25, 0.3) is 10.9 Å². The Labute approximate surface area is 204 Å². The number of aliphatic carboxylic acids is 1. The van der Waals surface area contributed by atoms with E-state index in [4.69, 9.17) is 0 Å². The van der Waals surface area contributed by atoms with Gasteiger partial charge in [0, 0.05) is 17.4 Å². The van der Waals surface area contributed by atoms with Crippen LogP contribution >= 0.6 is 0 Å². The highest BCUT2D eigenvalue weighted by atomic mass is 16.4. The molecule has 1 aromatic heterocycles. The molecule has 9 nitrogen and oxygen atoms in total. The number of carboxylic acids is 1. The standard InChI is InChI=1S/C26H34N4O5/c1-6-15(4)20(23(32)33)28-22(31)19(13-14(2)3)30-24(34)26(5)21-17(11-12-29(26)25(30)35)16-9-7-8-10-18(16)27-21/h7-10,14-15,19-20,27H,6,11-13H2,1-5H3,(H,28,31)(H,32,33)/t15?,19-,20+,26+/m1/s1. The third-order valence-corrected chi connectivity index (χ3v) is 7.58. The number of para-hydroxylation sites is 1. The highest BCUT2D eigenvalue weighted by molar-refractivity contribution is 6.11. The van der Waals surface area contributed by atoms with Gasteiger partial charge in [-0.2, -0.15) is 0 Å². The van der Waals surface area contributed by atoms with Crippen LogP contribution in [0.2, 0.25) is 0 Å². The molecule has 4 rings (SSSR count). The smallest absolute Gasteiger partial charge is 0.328 e. The number of benzene rings is 1. The number of urea groups is 1. The Bertz CT molecular complexity index is 1190. The van der Waals surface area contributed by atoms with E-state index >= 15 is 0 Å². The number of aromatic amines is 1. The summed E-state index contributed by atoms with van der Waals surface area (Å²) in [4.78, 5) is 58.9. The van der Waals surface area contributed by atoms with Crippen molar-refractivity contribution in [1.29, 1.82) is 0 Å². The molecule has 1 aromatic carbocycles. The van der Waals surface area contributed by atoms with Crippen molar-refractivity contribution in [2.45, 2.75) is 71.5 Å². The number of rotatable bonds is 8. The van der Waals surface area contributed by atoms with Crippen LogP contribution in [0.5, 0.6) is 0 Å². The maximum Gasteiger partial charge on any atom is 0.328 e. The summed E-state index contributed by atoms with van der Waals surface area (Å²) in [6.07, 6.45) is 1.39. The number of hydrogen-bond donors (Lipinski definition) is 3. The number of hydrogen-bond acceptors (Lipinski definition) is 4. The Morgan fingerprint density at radius 3 is 2.51 bits per heavy atom. The molecule has 0 bridgehead atoms. The summed E-state index contributed by atoms with van der Waals surface area (Å²) in [5.41, 5.74) is 1.32. The molecule has 0 aliphatic carbocycles. The minimum atomic E-state index is -1.26. The molecule has 4 amide bonds. The Morgan fingerprint density at radius 2 is 1.89 bits per heavy atom. The third kappa shape index (κ3) is 3.86. The lowest BCUT2D eigenvalue weighted by molar-refractivity contribution is -0.145. The fourth-order valence-corrected chi connectivity index (χ4v) is 5.40. The normalized spacial score (nSPS) is 22.2. The molecular weight excluding hydrogens is 448 g/mol. The van der Waals surface area contributed by atoms with E-state index in [-0.39, 0.29) is 18.3 Å². The number of aromatic nitrogens is 1. The van der Waals surface area contributed by atoms with Gasteiger partial charge in [-0.25, -0.2) is 14.5 Å². The Kier molecular flexibility index (Phi) is 6.38. The number of H-pyrrole nitrogens is 1. The Balaban J connectivity index is 1.73. The summed E-state index contributed by atoms with van der Waals surface area (Å²) >= 11 is 0. The van der Waals surface area contributed by atoms with E-state index in [1.807, 2.05) is 45.0 Å². The summed E-state index contributed by atoms with van der Waals surface area (Å²) in [7, 11) is 0. The molecule has 1 fully saturated rings. The van der Waals surface area contributed by atoms with Gasteiger partial charge in [0.25, 0.3) is 5.91 Å². The second-order valence-electron chi connectivity index (χ2n) is 10.3. The van der Waals surface area contributed by atoms with E-state index in [0.717, 1.165) is 21.4 Å². The van der Waals surface area contributed by atoms with Crippen LogP contribution in [0.15, 0.2) is 24.3 Å². The Morgan fingerprint density at radius 1 is 1.20 bits per heavy atom. The van der Waals surface area contributed by atoms with Gasteiger partial charge < -0.3 is 20.3 Å². The molecule has 2 aliphatic heterocycles. The number of nitrogens with one attached hydrogen (secondary N) is 2. The molecule has 35 heavy (non-hydrogen) atoms. The monoisotopic (exact) mass is 482 g/mol. The molecule has 3 heterocycles. The molecule has 0 radical (unpaired) electrons. The molecule has 0 saturated carbocycles. The fraction of sp³-hybridized carbons (Fsp3) is 0.538. The second kappa shape index (κ2) is 9.02. The number of imide groups is 1. The zero-order chi connectivity index (χ0) is 25.7. The van der Waals surface area contributed by atoms with E-state index in [9.17, 15) is 24.3 Å². The number of carboxylic acid groups (broad SMARTS) is 1. The van der Waals surface area contributed by atoms with Crippen LogP contribution in [-0.4, -0.2) is 62.3 Å². The lowest BCUT2D eigenvalue weighted by atomic mass is 9.86. The minimum Gasteiger partial charge on any atom is -0.480 e. The van der Waals surface area contributed by atoms with Crippen molar-refractivity contribution in [1.82, 2.24) is 20.1 Å². The topological polar surface area (TPSA) is 123 Å². The largest absolute Gasteiger partial charge is 0.480 e. The van der Waals surface area contributed by atoms with Crippen molar-refractivity contribution in [3.63, 3.8) is 0 Å². The summed E-state index contributed by atoms with van der Waals surface area (Å²) in [6, 6.07) is 5.08. The van der Waals surface area contributed by atoms with E-state index in [1.54, 1.807) is 13.8 Å². The molecule has 1 saturated heterocycles. The summed E-state index contributed by atoms with van der Waals surface area (Å²) in [5, 5.41) is 13.3. The highest BCUT2D eigenvalue weighted by Gasteiger charge is 2.60. The Hall–Kier alpha value is -3.36. The van der Waals surface area contributed by atoms with Crippen LogP contribution in [0.1, 0.15) is 58.7 Å². The lowest BCUT2D eigenvalue weighted by Crippen LogP contribution is -2.55. The van der Waals surface area contributed by atoms with Gasteiger partial charge in [0.1, 0.15) is 12.1 Å². The van der Waals surface area contributed by atoms with Gasteiger partial charge in [0.2, 0.25) is 5.91 Å². The van der Waals surface area contributed by atoms with Gasteiger partial charge in [-0.05, 0) is 43.2 Å². The fourth-order valence-electron chi connectivity index (χ4n) is 5.40. The van der Waals surface area contributed by atoms with Crippen molar-refractivity contribution in [2.24, 2.45) is 11.8 Å². The summed E-state index contributed by atoms with van der Waals surface area (Å²) in [5.74, 6) is -2.53. The molecule has 1 unspecified atom stereocenters. The van der Waals surface area contributed by atoms with Gasteiger partial charge >= 0.3 is 12.0 Å². The zero-order valence-corrected chi connectivity index (χ0v) is 20.9. The van der Waals surface area contributed by atoms with E-state index in [1.165, 1.54) is 4.90 Å². The van der Waals surface area contributed by atoms with E-state index < -0.39 is 41.4 Å². The highest BCUT2D eigenvalue weighted by Crippen LogP contribution is 2.45. The van der Waals surface area contributed by atoms with Crippen molar-refractivity contribution in [3.05, 3.63) is 35.5 Å². The predicted molar refractivity (Wildman–Crippen MR) is 131 cm³/mol. The predicted octanol–water partition coefficient (Wildman–Crippen LogP) is 3.23. The van der Waals surface area contributed by atoms with Crippen LogP contribution < -0.4 is 5.32 Å². The number of nitrogens with zero attached hydrogens (tertiary/aromatic N) is 2. The van der Waals surface area contributed by atoms with Crippen LogP contribution in [-0.2, 0) is 26.3 Å². The van der Waals surface area contributed by atoms with Crippen molar-refractivity contribution >= 4 is 34.7 Å². The molecule has 188 valence electrons. The number of carbonyl (C=O) groups excluding carboxylic acids is 3. The van der Waals surface area contributed by atoms with Gasteiger partial charge in [-0.3, -0.25) is 9.59 Å². The number of amides is 4. The molecule has 2 aliphatic rings. The van der Waals surface area contributed by atoms with Crippen LogP contribution in [0, 0.1) is 11.8 Å². The van der Waals surface area contributed by atoms with Gasteiger partial charge in [-0.1, -0.05) is 52.3 Å². The second-order valence-corrected chi connectivity index (χ2v) is 10.3. The minimum absolute atomic E-state index is 0.00713. The van der Waals surface area contributed by atoms with Crippen molar-refractivity contribution in [2.75, 3.05) is 6.54 Å². The first-order valence-corrected chi connectivity index (χ1v) is 12.3. The first-order chi connectivity index (χ1) is 16.5. The molecule has 2 aromatic rings. The molecular formula is C26H34N4O5. The maximum absolute atomic E-state index is 14.0. The first kappa shape index (κ1) is 24.8. The molecule has 3 N–H and O–H groups in total. The molecule has 9 heteroatoms. The number of carbonyl (C=O) groups is 4. The number of fused-ring (bicyclic) bond motifs is 5. The van der Waals surface area contributed by atoms with Gasteiger partial charge in [-0.15, -0.1) is 0 Å². The quantitative estimate of drug-likeness (QED) is 0.499. The van der Waals surface area contributed by atoms with Crippen molar-refractivity contribution < 1.29 is 24.3 Å². The van der Waals surface area contributed by atoms with Crippen LogP contribution in [0.4, 0.5) is 4.79 Å². The average molecular weight is 483 g/mol. The van der Waals surface area contributed by atoms with E-state index in [2.05, 4.69) is 10.3 Å². The molecule has 0 spiro atoms. The van der Waals surface area contributed by atoms with Gasteiger partial charge in [0.05, 0.1) is 5.69 Å². The van der Waals surface area contributed by atoms with Gasteiger partial charge in [0.15, 0.2) is 5.54 Å². The maximum atomic E-state index is 14.0. The first-order valence-electron chi connectivity index (χ1n) is 12.3. The summed E-state index contributed by atoms with van der Waals surface area (Å²) in [6.45, 7) is 9.49.